The van der Waals surface area contributed by atoms with Gasteiger partial charge in [0.15, 0.2) is 0 Å². The van der Waals surface area contributed by atoms with Crippen LogP contribution >= 0.6 is 0 Å². The van der Waals surface area contributed by atoms with E-state index >= 15 is 0 Å². The van der Waals surface area contributed by atoms with Gasteiger partial charge in [-0.25, -0.2) is 4.98 Å². The van der Waals surface area contributed by atoms with E-state index in [-0.39, 0.29) is 28.7 Å². The Morgan fingerprint density at radius 1 is 1.47 bits per heavy atom. The van der Waals surface area contributed by atoms with Gasteiger partial charge in [0.25, 0.3) is 0 Å². The third-order valence-corrected chi connectivity index (χ3v) is 3.14. The van der Waals surface area contributed by atoms with Crippen LogP contribution in [0.3, 0.4) is 0 Å². The van der Waals surface area contributed by atoms with Gasteiger partial charge in [0.1, 0.15) is 5.69 Å². The maximum atomic E-state index is 11.2. The largest absolute Gasteiger partial charge is 0.377 e. The Labute approximate surface area is 110 Å². The molecule has 0 aromatic carbocycles. The van der Waals surface area contributed by atoms with Crippen LogP contribution in [0.2, 0.25) is 0 Å². The van der Waals surface area contributed by atoms with Crippen LogP contribution in [0.4, 0.5) is 17.5 Å². The molecular weight excluding hydrogens is 250 g/mol. The normalized spacial score (nSPS) is 18.4. The summed E-state index contributed by atoms with van der Waals surface area (Å²) >= 11 is 0. The lowest BCUT2D eigenvalue weighted by Crippen LogP contribution is -2.53. The fraction of sp³-hybridized carbons (Fsp3) is 0.636. The van der Waals surface area contributed by atoms with Crippen molar-refractivity contribution in [3.63, 3.8) is 0 Å². The summed E-state index contributed by atoms with van der Waals surface area (Å²) in [5.74, 6) is 0.309. The van der Waals surface area contributed by atoms with Gasteiger partial charge in [-0.3, -0.25) is 10.1 Å². The monoisotopic (exact) mass is 267 g/mol. The van der Waals surface area contributed by atoms with Crippen LogP contribution in [0, 0.1) is 17.0 Å². The number of aryl methyl sites for hydroxylation is 1. The smallest absolute Gasteiger partial charge is 0.332 e. The Hall–Kier alpha value is -1.96. The van der Waals surface area contributed by atoms with Crippen molar-refractivity contribution >= 4 is 17.5 Å². The van der Waals surface area contributed by atoms with E-state index < -0.39 is 4.92 Å². The highest BCUT2D eigenvalue weighted by molar-refractivity contribution is 5.63. The molecule has 19 heavy (non-hydrogen) atoms. The van der Waals surface area contributed by atoms with E-state index in [0.29, 0.717) is 19.8 Å². The van der Waals surface area contributed by atoms with Crippen LogP contribution in [-0.2, 0) is 4.74 Å². The summed E-state index contributed by atoms with van der Waals surface area (Å²) in [6.45, 7) is 6.97. The molecule has 104 valence electrons. The van der Waals surface area contributed by atoms with E-state index in [0.717, 1.165) is 0 Å². The third kappa shape index (κ3) is 2.43. The minimum atomic E-state index is -0.463. The number of nitro groups is 1. The number of nitrogens with zero attached hydrogens (tertiary/aromatic N) is 4. The van der Waals surface area contributed by atoms with Crippen molar-refractivity contribution in [1.82, 2.24) is 9.97 Å². The molecule has 0 unspecified atom stereocenters. The van der Waals surface area contributed by atoms with E-state index in [1.54, 1.807) is 6.92 Å². The SMILES string of the molecule is Cc1nc(N)nc(N2CCOCC2(C)C)c1[N+](=O)[O-]. The molecule has 8 nitrogen and oxygen atoms in total. The lowest BCUT2D eigenvalue weighted by atomic mass is 10.0. The van der Waals surface area contributed by atoms with Gasteiger partial charge in [0.05, 0.1) is 23.7 Å². The summed E-state index contributed by atoms with van der Waals surface area (Å²) in [5.41, 5.74) is 5.42. The molecule has 0 spiro atoms. The lowest BCUT2D eigenvalue weighted by Gasteiger charge is -2.42. The highest BCUT2D eigenvalue weighted by Crippen LogP contribution is 2.34. The number of aromatic nitrogens is 2. The molecule has 2 heterocycles. The van der Waals surface area contributed by atoms with E-state index in [1.807, 2.05) is 18.7 Å². The van der Waals surface area contributed by atoms with Crippen LogP contribution in [0.15, 0.2) is 0 Å². The van der Waals surface area contributed by atoms with E-state index in [1.165, 1.54) is 0 Å². The zero-order valence-electron chi connectivity index (χ0n) is 11.2. The second-order valence-corrected chi connectivity index (χ2v) is 5.11. The first-order chi connectivity index (χ1) is 8.83. The van der Waals surface area contributed by atoms with Crippen molar-refractivity contribution in [2.24, 2.45) is 0 Å². The minimum absolute atomic E-state index is 0.0420. The van der Waals surface area contributed by atoms with Crippen LogP contribution in [-0.4, -0.2) is 40.2 Å². The molecule has 1 aliphatic rings. The highest BCUT2D eigenvalue weighted by atomic mass is 16.6. The van der Waals surface area contributed by atoms with Gasteiger partial charge in [0.2, 0.25) is 11.8 Å². The van der Waals surface area contributed by atoms with E-state index in [4.69, 9.17) is 10.5 Å². The second kappa shape index (κ2) is 4.61. The number of rotatable bonds is 2. The predicted molar refractivity (Wildman–Crippen MR) is 70.1 cm³/mol. The molecule has 0 saturated carbocycles. The van der Waals surface area contributed by atoms with Gasteiger partial charge in [-0.15, -0.1) is 0 Å². The molecular formula is C11H17N5O3. The first kappa shape index (κ1) is 13.5. The predicted octanol–water partition coefficient (Wildman–Crippen LogP) is 0.891. The molecule has 1 aromatic heterocycles. The minimum Gasteiger partial charge on any atom is -0.377 e. The van der Waals surface area contributed by atoms with E-state index in [9.17, 15) is 10.1 Å². The zero-order valence-corrected chi connectivity index (χ0v) is 11.2. The van der Waals surface area contributed by atoms with Gasteiger partial charge >= 0.3 is 5.69 Å². The topological polar surface area (TPSA) is 107 Å². The van der Waals surface area contributed by atoms with Crippen molar-refractivity contribution in [1.29, 1.82) is 0 Å². The Morgan fingerprint density at radius 3 is 2.74 bits per heavy atom. The molecule has 0 amide bonds. The first-order valence-corrected chi connectivity index (χ1v) is 5.97. The molecule has 2 N–H and O–H groups in total. The van der Waals surface area contributed by atoms with Gasteiger partial charge in [-0.05, 0) is 20.8 Å². The summed E-state index contributed by atoms with van der Waals surface area (Å²) < 4.78 is 5.41. The van der Waals surface area contributed by atoms with Gasteiger partial charge in [-0.1, -0.05) is 0 Å². The number of morpholine rings is 1. The Balaban J connectivity index is 2.57. The van der Waals surface area contributed by atoms with E-state index in [2.05, 4.69) is 9.97 Å². The molecule has 0 aliphatic carbocycles. The Morgan fingerprint density at radius 2 is 2.16 bits per heavy atom. The Kier molecular flexibility index (Phi) is 3.27. The molecule has 1 aliphatic heterocycles. The Bertz CT molecular complexity index is 517. The summed E-state index contributed by atoms with van der Waals surface area (Å²) in [4.78, 5) is 20.6. The maximum Gasteiger partial charge on any atom is 0.332 e. The molecule has 0 atom stereocenters. The summed E-state index contributed by atoms with van der Waals surface area (Å²) in [6.07, 6.45) is 0. The maximum absolute atomic E-state index is 11.2. The molecule has 0 bridgehead atoms. The van der Waals surface area contributed by atoms with Crippen molar-refractivity contribution < 1.29 is 9.66 Å². The summed E-state index contributed by atoms with van der Waals surface area (Å²) in [6, 6.07) is 0. The second-order valence-electron chi connectivity index (χ2n) is 5.11. The number of anilines is 2. The summed E-state index contributed by atoms with van der Waals surface area (Å²) in [5, 5.41) is 11.2. The molecule has 1 saturated heterocycles. The average Bonchev–Trinajstić information content (AvgIpc) is 2.26. The van der Waals surface area contributed by atoms with Crippen molar-refractivity contribution in [2.45, 2.75) is 26.3 Å². The van der Waals surface area contributed by atoms with Crippen LogP contribution in [0.5, 0.6) is 0 Å². The lowest BCUT2D eigenvalue weighted by molar-refractivity contribution is -0.385. The fourth-order valence-electron chi connectivity index (χ4n) is 2.23. The van der Waals surface area contributed by atoms with Crippen molar-refractivity contribution in [3.05, 3.63) is 15.8 Å². The number of nitrogen functional groups attached to an aromatic ring is 1. The molecule has 8 heteroatoms. The van der Waals surface area contributed by atoms with Crippen molar-refractivity contribution in [2.75, 3.05) is 30.4 Å². The average molecular weight is 267 g/mol. The van der Waals surface area contributed by atoms with Crippen LogP contribution < -0.4 is 10.6 Å². The van der Waals surface area contributed by atoms with Crippen LogP contribution in [0.1, 0.15) is 19.5 Å². The zero-order chi connectivity index (χ0) is 14.2. The van der Waals surface area contributed by atoms with Crippen LogP contribution in [0.25, 0.3) is 0 Å². The molecule has 1 fully saturated rings. The molecule has 0 radical (unpaired) electrons. The molecule has 2 rings (SSSR count). The van der Waals surface area contributed by atoms with Gasteiger partial charge in [0, 0.05) is 6.54 Å². The quantitative estimate of drug-likeness (QED) is 0.626. The number of hydrogen-bond acceptors (Lipinski definition) is 7. The van der Waals surface area contributed by atoms with Crippen molar-refractivity contribution in [3.8, 4) is 0 Å². The fourth-order valence-corrected chi connectivity index (χ4v) is 2.23. The summed E-state index contributed by atoms with van der Waals surface area (Å²) in [7, 11) is 0. The first-order valence-electron chi connectivity index (χ1n) is 5.97. The number of hydrogen-bond donors (Lipinski definition) is 1. The van der Waals surface area contributed by atoms with Gasteiger partial charge < -0.3 is 15.4 Å². The highest BCUT2D eigenvalue weighted by Gasteiger charge is 2.37. The molecule has 1 aromatic rings. The number of ether oxygens (including phenoxy) is 1. The standard InChI is InChI=1S/C11H17N5O3/c1-7-8(16(17)18)9(14-10(12)13-7)15-4-5-19-6-11(15,2)3/h4-6H2,1-3H3,(H2,12,13,14). The number of nitrogens with two attached hydrogens (primary N) is 1. The van der Waals surface area contributed by atoms with Gasteiger partial charge in [-0.2, -0.15) is 4.98 Å². The third-order valence-electron chi connectivity index (χ3n) is 3.14.